The molecule has 1 aromatic carbocycles. The summed E-state index contributed by atoms with van der Waals surface area (Å²) >= 11 is 3.52. The van der Waals surface area contributed by atoms with Crippen LogP contribution in [0.4, 0.5) is 0 Å². The van der Waals surface area contributed by atoms with Crippen molar-refractivity contribution in [1.29, 1.82) is 0 Å². The van der Waals surface area contributed by atoms with E-state index in [-0.39, 0.29) is 12.2 Å². The van der Waals surface area contributed by atoms with Crippen LogP contribution < -0.4 is 4.74 Å². The molecule has 1 N–H and O–H groups in total. The number of halogens is 1. The molecule has 1 aliphatic carbocycles. The largest absolute Gasteiger partial charge is 0.490 e. The SMILES string of the molecule is Cc1cc(OC2CC(O)C2)cc(C)c1Br. The zero-order valence-corrected chi connectivity index (χ0v) is 10.5. The van der Waals surface area contributed by atoms with E-state index in [0.29, 0.717) is 0 Å². The van der Waals surface area contributed by atoms with Gasteiger partial charge in [-0.2, -0.15) is 0 Å². The lowest BCUT2D eigenvalue weighted by atomic mass is 9.92. The van der Waals surface area contributed by atoms with Crippen molar-refractivity contribution in [3.8, 4) is 5.75 Å². The van der Waals surface area contributed by atoms with Crippen LogP contribution in [-0.4, -0.2) is 17.3 Å². The Morgan fingerprint density at radius 3 is 2.27 bits per heavy atom. The van der Waals surface area contributed by atoms with Crippen molar-refractivity contribution in [1.82, 2.24) is 0 Å². The van der Waals surface area contributed by atoms with Crippen LogP contribution in [-0.2, 0) is 0 Å². The number of benzene rings is 1. The summed E-state index contributed by atoms with van der Waals surface area (Å²) in [7, 11) is 0. The van der Waals surface area contributed by atoms with Gasteiger partial charge in [0, 0.05) is 17.3 Å². The summed E-state index contributed by atoms with van der Waals surface area (Å²) in [5.74, 6) is 0.908. The molecule has 0 aliphatic heterocycles. The number of aliphatic hydroxyl groups excluding tert-OH is 1. The van der Waals surface area contributed by atoms with Gasteiger partial charge in [-0.15, -0.1) is 0 Å². The Bertz CT molecular complexity index is 347. The lowest BCUT2D eigenvalue weighted by Crippen LogP contribution is -2.37. The molecular formula is C12H15BrO2. The third-order valence-electron chi connectivity index (χ3n) is 2.78. The van der Waals surface area contributed by atoms with Crippen LogP contribution in [0.15, 0.2) is 16.6 Å². The number of hydrogen-bond acceptors (Lipinski definition) is 2. The maximum Gasteiger partial charge on any atom is 0.120 e. The van der Waals surface area contributed by atoms with Crippen molar-refractivity contribution in [3.63, 3.8) is 0 Å². The highest BCUT2D eigenvalue weighted by atomic mass is 79.9. The molecule has 82 valence electrons. The topological polar surface area (TPSA) is 29.5 Å². The van der Waals surface area contributed by atoms with Crippen LogP contribution in [0.2, 0.25) is 0 Å². The summed E-state index contributed by atoms with van der Waals surface area (Å²) < 4.78 is 6.90. The zero-order valence-electron chi connectivity index (χ0n) is 8.96. The second kappa shape index (κ2) is 4.14. The summed E-state index contributed by atoms with van der Waals surface area (Å²) in [6, 6.07) is 4.06. The van der Waals surface area contributed by atoms with Gasteiger partial charge in [-0.05, 0) is 37.1 Å². The van der Waals surface area contributed by atoms with E-state index in [0.717, 1.165) is 23.1 Å². The Kier molecular flexibility index (Phi) is 3.03. The van der Waals surface area contributed by atoms with Crippen molar-refractivity contribution in [3.05, 3.63) is 27.7 Å². The van der Waals surface area contributed by atoms with E-state index in [2.05, 4.69) is 29.8 Å². The van der Waals surface area contributed by atoms with Crippen molar-refractivity contribution in [2.75, 3.05) is 0 Å². The molecule has 0 unspecified atom stereocenters. The van der Waals surface area contributed by atoms with Crippen LogP contribution in [0.1, 0.15) is 24.0 Å². The molecule has 2 rings (SSSR count). The predicted octanol–water partition coefficient (Wildman–Crippen LogP) is 2.97. The average molecular weight is 271 g/mol. The minimum absolute atomic E-state index is 0.160. The lowest BCUT2D eigenvalue weighted by Gasteiger charge is -2.31. The normalized spacial score (nSPS) is 24.8. The van der Waals surface area contributed by atoms with Gasteiger partial charge in [-0.1, -0.05) is 15.9 Å². The molecule has 0 amide bonds. The van der Waals surface area contributed by atoms with E-state index >= 15 is 0 Å². The molecule has 1 saturated carbocycles. The third kappa shape index (κ3) is 2.34. The molecule has 15 heavy (non-hydrogen) atoms. The highest BCUT2D eigenvalue weighted by Gasteiger charge is 2.28. The summed E-state index contributed by atoms with van der Waals surface area (Å²) in [6.07, 6.45) is 1.55. The highest BCUT2D eigenvalue weighted by Crippen LogP contribution is 2.30. The Morgan fingerprint density at radius 1 is 1.27 bits per heavy atom. The first kappa shape index (κ1) is 11.0. The fourth-order valence-corrected chi connectivity index (χ4v) is 2.03. The van der Waals surface area contributed by atoms with Crippen LogP contribution in [0, 0.1) is 13.8 Å². The van der Waals surface area contributed by atoms with Crippen LogP contribution >= 0.6 is 15.9 Å². The number of ether oxygens (including phenoxy) is 1. The summed E-state index contributed by atoms with van der Waals surface area (Å²) in [6.45, 7) is 4.11. The van der Waals surface area contributed by atoms with Gasteiger partial charge in [0.1, 0.15) is 11.9 Å². The van der Waals surface area contributed by atoms with Gasteiger partial charge >= 0.3 is 0 Å². The van der Waals surface area contributed by atoms with E-state index in [9.17, 15) is 0 Å². The number of rotatable bonds is 2. The molecular weight excluding hydrogens is 256 g/mol. The fourth-order valence-electron chi connectivity index (χ4n) is 1.80. The molecule has 0 aromatic heterocycles. The van der Waals surface area contributed by atoms with Gasteiger partial charge < -0.3 is 9.84 Å². The summed E-state index contributed by atoms with van der Waals surface area (Å²) in [5.41, 5.74) is 2.37. The second-order valence-corrected chi connectivity index (χ2v) is 5.03. The van der Waals surface area contributed by atoms with Gasteiger partial charge in [-0.3, -0.25) is 0 Å². The van der Waals surface area contributed by atoms with E-state index in [1.807, 2.05) is 12.1 Å². The maximum absolute atomic E-state index is 9.16. The first-order chi connectivity index (χ1) is 7.06. The molecule has 1 aromatic rings. The van der Waals surface area contributed by atoms with Gasteiger partial charge in [-0.25, -0.2) is 0 Å². The highest BCUT2D eigenvalue weighted by molar-refractivity contribution is 9.10. The van der Waals surface area contributed by atoms with Gasteiger partial charge in [0.2, 0.25) is 0 Å². The fraction of sp³-hybridized carbons (Fsp3) is 0.500. The van der Waals surface area contributed by atoms with Crippen molar-refractivity contribution >= 4 is 15.9 Å². The smallest absolute Gasteiger partial charge is 0.120 e. The van der Waals surface area contributed by atoms with E-state index in [4.69, 9.17) is 9.84 Å². The number of aliphatic hydroxyl groups is 1. The molecule has 1 aliphatic rings. The standard InChI is InChI=1S/C12H15BrO2/c1-7-3-10(4-8(2)12(7)13)15-11-5-9(14)6-11/h3-4,9,11,14H,5-6H2,1-2H3. The molecule has 2 nitrogen and oxygen atoms in total. The van der Waals surface area contributed by atoms with Gasteiger partial charge in [0.25, 0.3) is 0 Å². The lowest BCUT2D eigenvalue weighted by molar-refractivity contribution is -0.0108. The number of aryl methyl sites for hydroxylation is 2. The van der Waals surface area contributed by atoms with Crippen molar-refractivity contribution in [2.45, 2.75) is 38.9 Å². The minimum Gasteiger partial charge on any atom is -0.490 e. The molecule has 0 radical (unpaired) electrons. The van der Waals surface area contributed by atoms with Crippen LogP contribution in [0.25, 0.3) is 0 Å². The Labute approximate surface area is 98.4 Å². The van der Waals surface area contributed by atoms with E-state index in [1.54, 1.807) is 0 Å². The van der Waals surface area contributed by atoms with Gasteiger partial charge in [0.05, 0.1) is 6.10 Å². The monoisotopic (exact) mass is 270 g/mol. The van der Waals surface area contributed by atoms with Crippen LogP contribution in [0.5, 0.6) is 5.75 Å². The first-order valence-electron chi connectivity index (χ1n) is 5.17. The van der Waals surface area contributed by atoms with Crippen LogP contribution in [0.3, 0.4) is 0 Å². The number of hydrogen-bond donors (Lipinski definition) is 1. The Balaban J connectivity index is 2.09. The predicted molar refractivity (Wildman–Crippen MR) is 63.3 cm³/mol. The van der Waals surface area contributed by atoms with Gasteiger partial charge in [0.15, 0.2) is 0 Å². The van der Waals surface area contributed by atoms with E-state index < -0.39 is 0 Å². The molecule has 0 spiro atoms. The molecule has 0 atom stereocenters. The molecule has 0 heterocycles. The maximum atomic E-state index is 9.16. The van der Waals surface area contributed by atoms with Crippen molar-refractivity contribution < 1.29 is 9.84 Å². The zero-order chi connectivity index (χ0) is 11.0. The Morgan fingerprint density at radius 2 is 1.80 bits per heavy atom. The first-order valence-corrected chi connectivity index (χ1v) is 5.97. The molecule has 1 fully saturated rings. The van der Waals surface area contributed by atoms with Crippen molar-refractivity contribution in [2.24, 2.45) is 0 Å². The average Bonchev–Trinajstić information content (AvgIpc) is 2.11. The third-order valence-corrected chi connectivity index (χ3v) is 4.03. The van der Waals surface area contributed by atoms with E-state index in [1.165, 1.54) is 11.1 Å². The molecule has 0 saturated heterocycles. The summed E-state index contributed by atoms with van der Waals surface area (Å²) in [4.78, 5) is 0. The Hall–Kier alpha value is -0.540. The second-order valence-electron chi connectivity index (χ2n) is 4.24. The molecule has 0 bridgehead atoms. The summed E-state index contributed by atoms with van der Waals surface area (Å²) in [5, 5.41) is 9.16. The minimum atomic E-state index is -0.160. The molecule has 3 heteroatoms. The quantitative estimate of drug-likeness (QED) is 0.896.